The first-order valence-electron chi connectivity index (χ1n) is 9.13. The summed E-state index contributed by atoms with van der Waals surface area (Å²) in [5.74, 6) is -4.28. The molecule has 1 aliphatic carbocycles. The molecule has 2 aliphatic rings. The highest BCUT2D eigenvalue weighted by Gasteiger charge is 2.35. The van der Waals surface area contributed by atoms with Crippen LogP contribution in [0.3, 0.4) is 0 Å². The number of carboxylic acids is 1. The Balaban J connectivity index is 1.59. The molecule has 1 aromatic carbocycles. The number of halogens is 2. The smallest absolute Gasteiger partial charge is 0.306 e. The number of amides is 2. The van der Waals surface area contributed by atoms with Crippen molar-refractivity contribution in [3.63, 3.8) is 0 Å². The lowest BCUT2D eigenvalue weighted by atomic mass is 9.80. The molecule has 2 unspecified atom stereocenters. The summed E-state index contributed by atoms with van der Waals surface area (Å²) >= 11 is 0. The topological polar surface area (TPSA) is 77.9 Å². The maximum Gasteiger partial charge on any atom is 0.306 e. The number of benzene rings is 1. The van der Waals surface area contributed by atoms with Crippen LogP contribution in [0.1, 0.15) is 36.0 Å². The summed E-state index contributed by atoms with van der Waals surface area (Å²) in [6, 6.07) is 3.28. The predicted octanol–water partition coefficient (Wildman–Crippen LogP) is 2.14. The van der Waals surface area contributed by atoms with E-state index < -0.39 is 35.0 Å². The highest BCUT2D eigenvalue weighted by atomic mass is 19.1. The molecule has 0 radical (unpaired) electrons. The zero-order chi connectivity index (χ0) is 19.6. The van der Waals surface area contributed by atoms with E-state index >= 15 is 0 Å². The number of carbonyl (C=O) groups is 3. The molecule has 0 aromatic heterocycles. The van der Waals surface area contributed by atoms with Gasteiger partial charge >= 0.3 is 5.97 Å². The second-order valence-corrected chi connectivity index (χ2v) is 7.11. The summed E-state index contributed by atoms with van der Waals surface area (Å²) in [4.78, 5) is 39.2. The molecule has 146 valence electrons. The van der Waals surface area contributed by atoms with Crippen molar-refractivity contribution in [2.75, 3.05) is 26.2 Å². The van der Waals surface area contributed by atoms with Crippen LogP contribution in [0.2, 0.25) is 0 Å². The van der Waals surface area contributed by atoms with E-state index in [0.717, 1.165) is 12.1 Å². The van der Waals surface area contributed by atoms with Gasteiger partial charge < -0.3 is 14.9 Å². The van der Waals surface area contributed by atoms with Gasteiger partial charge in [0.2, 0.25) is 5.91 Å². The average molecular weight is 380 g/mol. The van der Waals surface area contributed by atoms with Crippen LogP contribution in [0.25, 0.3) is 0 Å². The van der Waals surface area contributed by atoms with Crippen molar-refractivity contribution in [2.45, 2.75) is 25.7 Å². The Hall–Kier alpha value is -2.51. The van der Waals surface area contributed by atoms with Crippen molar-refractivity contribution in [1.29, 1.82) is 0 Å². The van der Waals surface area contributed by atoms with Gasteiger partial charge in [0.25, 0.3) is 5.91 Å². The monoisotopic (exact) mass is 380 g/mol. The Kier molecular flexibility index (Phi) is 5.72. The second-order valence-electron chi connectivity index (χ2n) is 7.11. The molecule has 1 aromatic rings. The van der Waals surface area contributed by atoms with Crippen LogP contribution < -0.4 is 0 Å². The third-order valence-electron chi connectivity index (χ3n) is 5.43. The third-order valence-corrected chi connectivity index (χ3v) is 5.43. The van der Waals surface area contributed by atoms with Gasteiger partial charge in [-0.2, -0.15) is 0 Å². The van der Waals surface area contributed by atoms with Gasteiger partial charge in [-0.3, -0.25) is 14.4 Å². The van der Waals surface area contributed by atoms with Crippen LogP contribution in [0.5, 0.6) is 0 Å². The standard InChI is InChI=1S/C19H22F2N2O4/c20-14-5-2-6-15(21)16(14)18(25)23-9-7-22(8-10-23)17(24)12-3-1-4-13(11-12)19(26)27/h2,5-6,12-13H,1,3-4,7-11H2,(H,26,27). The molecule has 1 heterocycles. The SMILES string of the molecule is O=C(O)C1CCCC(C(=O)N2CCN(C(=O)c3c(F)cccc3F)CC2)C1. The van der Waals surface area contributed by atoms with Gasteiger partial charge in [0.05, 0.1) is 5.92 Å². The molecular formula is C19H22F2N2O4. The van der Waals surface area contributed by atoms with Crippen molar-refractivity contribution < 1.29 is 28.3 Å². The summed E-state index contributed by atoms with van der Waals surface area (Å²) in [6.45, 7) is 0.921. The fourth-order valence-electron chi connectivity index (χ4n) is 3.89. The van der Waals surface area contributed by atoms with Crippen molar-refractivity contribution in [3.8, 4) is 0 Å². The quantitative estimate of drug-likeness (QED) is 0.872. The van der Waals surface area contributed by atoms with Crippen LogP contribution in [-0.4, -0.2) is 58.9 Å². The number of carboxylic acid groups (broad SMARTS) is 1. The van der Waals surface area contributed by atoms with E-state index in [4.69, 9.17) is 5.11 Å². The lowest BCUT2D eigenvalue weighted by Crippen LogP contribution is -2.52. The van der Waals surface area contributed by atoms with E-state index in [1.165, 1.54) is 11.0 Å². The van der Waals surface area contributed by atoms with E-state index in [2.05, 4.69) is 0 Å². The first-order chi connectivity index (χ1) is 12.9. The van der Waals surface area contributed by atoms with Crippen molar-refractivity contribution in [1.82, 2.24) is 9.80 Å². The Bertz CT molecular complexity index is 727. The lowest BCUT2D eigenvalue weighted by molar-refractivity contribution is -0.146. The Morgan fingerprint density at radius 3 is 2.07 bits per heavy atom. The predicted molar refractivity (Wildman–Crippen MR) is 91.9 cm³/mol. The molecule has 3 rings (SSSR count). The maximum absolute atomic E-state index is 13.8. The number of carbonyl (C=O) groups excluding carboxylic acids is 2. The molecule has 8 heteroatoms. The second kappa shape index (κ2) is 8.02. The molecule has 1 N–H and O–H groups in total. The number of hydrogen-bond donors (Lipinski definition) is 1. The fraction of sp³-hybridized carbons (Fsp3) is 0.526. The molecule has 2 fully saturated rings. The number of hydrogen-bond acceptors (Lipinski definition) is 3. The van der Waals surface area contributed by atoms with Gasteiger partial charge in [0, 0.05) is 32.1 Å². The van der Waals surface area contributed by atoms with E-state index in [1.807, 2.05) is 0 Å². The molecule has 2 amide bonds. The van der Waals surface area contributed by atoms with Crippen LogP contribution in [0.4, 0.5) is 8.78 Å². The molecule has 2 atom stereocenters. The molecular weight excluding hydrogens is 358 g/mol. The Labute approximate surface area is 155 Å². The summed E-state index contributed by atoms with van der Waals surface area (Å²) < 4.78 is 27.6. The van der Waals surface area contributed by atoms with Gasteiger partial charge in [-0.15, -0.1) is 0 Å². The zero-order valence-corrected chi connectivity index (χ0v) is 14.9. The van der Waals surface area contributed by atoms with E-state index in [9.17, 15) is 23.2 Å². The summed E-state index contributed by atoms with van der Waals surface area (Å²) in [5.41, 5.74) is -0.575. The zero-order valence-electron chi connectivity index (χ0n) is 14.9. The molecule has 1 aliphatic heterocycles. The maximum atomic E-state index is 13.8. The number of nitrogens with zero attached hydrogens (tertiary/aromatic N) is 2. The van der Waals surface area contributed by atoms with Crippen molar-refractivity contribution >= 4 is 17.8 Å². The molecule has 6 nitrogen and oxygen atoms in total. The summed E-state index contributed by atoms with van der Waals surface area (Å²) in [7, 11) is 0. The highest BCUT2D eigenvalue weighted by molar-refractivity contribution is 5.95. The minimum atomic E-state index is -0.902. The van der Waals surface area contributed by atoms with Crippen molar-refractivity contribution in [3.05, 3.63) is 35.4 Å². The van der Waals surface area contributed by atoms with Crippen LogP contribution >= 0.6 is 0 Å². The lowest BCUT2D eigenvalue weighted by Gasteiger charge is -2.37. The summed E-state index contributed by atoms with van der Waals surface area (Å²) in [6.07, 6.45) is 2.31. The largest absolute Gasteiger partial charge is 0.481 e. The molecule has 0 bridgehead atoms. The van der Waals surface area contributed by atoms with Gasteiger partial charge in [0.1, 0.15) is 17.2 Å². The minimum Gasteiger partial charge on any atom is -0.481 e. The van der Waals surface area contributed by atoms with E-state index in [-0.39, 0.29) is 38.0 Å². The van der Waals surface area contributed by atoms with E-state index in [0.29, 0.717) is 25.7 Å². The minimum absolute atomic E-state index is 0.0925. The van der Waals surface area contributed by atoms with E-state index in [1.54, 1.807) is 4.90 Å². The molecule has 1 saturated heterocycles. The third kappa shape index (κ3) is 4.09. The van der Waals surface area contributed by atoms with Gasteiger partial charge in [-0.25, -0.2) is 8.78 Å². The molecule has 0 spiro atoms. The normalized spacial score (nSPS) is 23.2. The Morgan fingerprint density at radius 1 is 0.926 bits per heavy atom. The fourth-order valence-corrected chi connectivity index (χ4v) is 3.89. The number of rotatable bonds is 3. The summed E-state index contributed by atoms with van der Waals surface area (Å²) in [5, 5.41) is 9.17. The number of aliphatic carboxylic acids is 1. The van der Waals surface area contributed by atoms with Crippen LogP contribution in [-0.2, 0) is 9.59 Å². The van der Waals surface area contributed by atoms with Gasteiger partial charge in [-0.1, -0.05) is 12.5 Å². The van der Waals surface area contributed by atoms with Crippen molar-refractivity contribution in [2.24, 2.45) is 11.8 Å². The first kappa shape index (κ1) is 19.3. The van der Waals surface area contributed by atoms with Gasteiger partial charge in [-0.05, 0) is 31.4 Å². The first-order valence-corrected chi connectivity index (χ1v) is 9.13. The molecule has 27 heavy (non-hydrogen) atoms. The highest BCUT2D eigenvalue weighted by Crippen LogP contribution is 2.31. The Morgan fingerprint density at radius 2 is 1.48 bits per heavy atom. The van der Waals surface area contributed by atoms with Crippen LogP contribution in [0.15, 0.2) is 18.2 Å². The van der Waals surface area contributed by atoms with Crippen LogP contribution in [0, 0.1) is 23.5 Å². The number of piperazine rings is 1. The average Bonchev–Trinajstić information content (AvgIpc) is 2.67. The van der Waals surface area contributed by atoms with Gasteiger partial charge in [0.15, 0.2) is 0 Å². The molecule has 1 saturated carbocycles.